The largest absolute Gasteiger partial charge is 0.446 e. The average molecular weight is 207 g/mol. The highest BCUT2D eigenvalue weighted by Crippen LogP contribution is 2.24. The molecule has 4 nitrogen and oxygen atoms in total. The molecule has 0 unspecified atom stereocenters. The summed E-state index contributed by atoms with van der Waals surface area (Å²) < 4.78 is 5.01. The standard InChI is InChI=1S/C8H14N2O2.ClH/c9-5-3-6(4-5)10-8(11)12-7-1-2-7;/h5-7H,1-4,9H2,(H,10,11);1H. The number of alkyl carbamates (subject to hydrolysis) is 1. The van der Waals surface area contributed by atoms with E-state index in [4.69, 9.17) is 10.5 Å². The molecule has 0 spiro atoms. The van der Waals surface area contributed by atoms with Crippen LogP contribution in [0, 0.1) is 0 Å². The van der Waals surface area contributed by atoms with Crippen LogP contribution >= 0.6 is 12.4 Å². The van der Waals surface area contributed by atoms with Gasteiger partial charge in [0.25, 0.3) is 0 Å². The number of amides is 1. The molecule has 0 aromatic heterocycles. The SMILES string of the molecule is Cl.NC1CC(NC(=O)OC2CC2)C1. The molecule has 0 aromatic carbocycles. The van der Waals surface area contributed by atoms with E-state index in [1.165, 1.54) is 0 Å². The monoisotopic (exact) mass is 206 g/mol. The highest BCUT2D eigenvalue weighted by molar-refractivity contribution is 5.85. The Kier molecular flexibility index (Phi) is 3.39. The van der Waals surface area contributed by atoms with E-state index in [-0.39, 0.29) is 36.7 Å². The number of carbonyl (C=O) groups is 1. The molecule has 2 aliphatic rings. The van der Waals surface area contributed by atoms with Crippen molar-refractivity contribution in [2.75, 3.05) is 0 Å². The fourth-order valence-electron chi connectivity index (χ4n) is 1.32. The average Bonchev–Trinajstić information content (AvgIpc) is 2.68. The third kappa shape index (κ3) is 3.04. The molecule has 2 saturated carbocycles. The summed E-state index contributed by atoms with van der Waals surface area (Å²) in [7, 11) is 0. The number of carbonyl (C=O) groups excluding carboxylic acids is 1. The molecule has 0 radical (unpaired) electrons. The topological polar surface area (TPSA) is 64.3 Å². The van der Waals surface area contributed by atoms with Crippen molar-refractivity contribution in [1.29, 1.82) is 0 Å². The Morgan fingerprint density at radius 3 is 2.46 bits per heavy atom. The van der Waals surface area contributed by atoms with E-state index in [9.17, 15) is 4.79 Å². The van der Waals surface area contributed by atoms with Crippen LogP contribution < -0.4 is 11.1 Å². The van der Waals surface area contributed by atoms with Crippen molar-refractivity contribution < 1.29 is 9.53 Å². The summed E-state index contributed by atoms with van der Waals surface area (Å²) in [6.07, 6.45) is 3.75. The maximum absolute atomic E-state index is 11.0. The van der Waals surface area contributed by atoms with E-state index >= 15 is 0 Å². The van der Waals surface area contributed by atoms with Crippen molar-refractivity contribution in [3.8, 4) is 0 Å². The van der Waals surface area contributed by atoms with Gasteiger partial charge in [-0.3, -0.25) is 0 Å². The third-order valence-corrected chi connectivity index (χ3v) is 2.29. The van der Waals surface area contributed by atoms with Crippen LogP contribution in [-0.4, -0.2) is 24.3 Å². The number of ether oxygens (including phenoxy) is 1. The lowest BCUT2D eigenvalue weighted by molar-refractivity contribution is 0.127. The number of hydrogen-bond acceptors (Lipinski definition) is 3. The Labute approximate surface area is 83.6 Å². The molecule has 76 valence electrons. The first-order valence-corrected chi connectivity index (χ1v) is 4.47. The van der Waals surface area contributed by atoms with Crippen LogP contribution in [-0.2, 0) is 4.74 Å². The zero-order chi connectivity index (χ0) is 8.55. The van der Waals surface area contributed by atoms with E-state index in [0.29, 0.717) is 0 Å². The summed E-state index contributed by atoms with van der Waals surface area (Å²) in [4.78, 5) is 11.0. The van der Waals surface area contributed by atoms with Gasteiger partial charge >= 0.3 is 6.09 Å². The lowest BCUT2D eigenvalue weighted by Gasteiger charge is -2.32. The number of nitrogens with two attached hydrogens (primary N) is 1. The quantitative estimate of drug-likeness (QED) is 0.702. The number of halogens is 1. The van der Waals surface area contributed by atoms with Crippen molar-refractivity contribution in [1.82, 2.24) is 5.32 Å². The van der Waals surface area contributed by atoms with Gasteiger partial charge in [-0.25, -0.2) is 4.79 Å². The van der Waals surface area contributed by atoms with Gasteiger partial charge in [-0.2, -0.15) is 0 Å². The van der Waals surface area contributed by atoms with E-state index in [1.807, 2.05) is 0 Å². The smallest absolute Gasteiger partial charge is 0.407 e. The molecule has 0 saturated heterocycles. The predicted molar refractivity (Wildman–Crippen MR) is 50.9 cm³/mol. The van der Waals surface area contributed by atoms with Gasteiger partial charge < -0.3 is 15.8 Å². The molecule has 1 amide bonds. The number of rotatable bonds is 2. The molecule has 0 aliphatic heterocycles. The van der Waals surface area contributed by atoms with Gasteiger partial charge in [0.2, 0.25) is 0 Å². The molecule has 2 aliphatic carbocycles. The van der Waals surface area contributed by atoms with Gasteiger partial charge in [-0.15, -0.1) is 12.4 Å². The number of nitrogens with one attached hydrogen (secondary N) is 1. The van der Waals surface area contributed by atoms with Crippen LogP contribution in [0.1, 0.15) is 25.7 Å². The van der Waals surface area contributed by atoms with Crippen molar-refractivity contribution in [2.45, 2.75) is 43.9 Å². The van der Waals surface area contributed by atoms with E-state index in [2.05, 4.69) is 5.32 Å². The Balaban J connectivity index is 0.000000845. The second kappa shape index (κ2) is 4.15. The van der Waals surface area contributed by atoms with Gasteiger partial charge in [0.05, 0.1) is 0 Å². The minimum absolute atomic E-state index is 0. The zero-order valence-electron chi connectivity index (χ0n) is 7.36. The molecular weight excluding hydrogens is 192 g/mol. The lowest BCUT2D eigenvalue weighted by atomic mass is 9.88. The summed E-state index contributed by atoms with van der Waals surface area (Å²) in [6.45, 7) is 0. The van der Waals surface area contributed by atoms with Crippen LogP contribution in [0.5, 0.6) is 0 Å². The van der Waals surface area contributed by atoms with Crippen molar-refractivity contribution in [3.63, 3.8) is 0 Å². The van der Waals surface area contributed by atoms with E-state index in [1.54, 1.807) is 0 Å². The van der Waals surface area contributed by atoms with Gasteiger partial charge in [0, 0.05) is 12.1 Å². The maximum atomic E-state index is 11.0. The fraction of sp³-hybridized carbons (Fsp3) is 0.875. The first kappa shape index (κ1) is 10.6. The normalized spacial score (nSPS) is 31.2. The summed E-state index contributed by atoms with van der Waals surface area (Å²) in [5.41, 5.74) is 5.57. The van der Waals surface area contributed by atoms with Crippen LogP contribution in [0.3, 0.4) is 0 Å². The molecule has 2 rings (SSSR count). The first-order chi connectivity index (χ1) is 5.74. The molecule has 3 N–H and O–H groups in total. The second-order valence-electron chi connectivity index (χ2n) is 3.68. The van der Waals surface area contributed by atoms with Crippen molar-refractivity contribution >= 4 is 18.5 Å². The van der Waals surface area contributed by atoms with Gasteiger partial charge in [-0.05, 0) is 25.7 Å². The lowest BCUT2D eigenvalue weighted by Crippen LogP contribution is -2.50. The minimum atomic E-state index is -0.269. The summed E-state index contributed by atoms with van der Waals surface area (Å²) in [5, 5.41) is 2.78. The Morgan fingerprint density at radius 2 is 2.00 bits per heavy atom. The van der Waals surface area contributed by atoms with Gasteiger partial charge in [0.1, 0.15) is 6.10 Å². The Hall–Kier alpha value is -0.480. The van der Waals surface area contributed by atoms with Crippen molar-refractivity contribution in [3.05, 3.63) is 0 Å². The predicted octanol–water partition coefficient (Wildman–Crippen LogP) is 0.786. The summed E-state index contributed by atoms with van der Waals surface area (Å²) in [5.74, 6) is 0. The van der Waals surface area contributed by atoms with Crippen LogP contribution in [0.25, 0.3) is 0 Å². The fourth-order valence-corrected chi connectivity index (χ4v) is 1.32. The summed E-state index contributed by atoms with van der Waals surface area (Å²) >= 11 is 0. The first-order valence-electron chi connectivity index (χ1n) is 4.47. The molecular formula is C8H15ClN2O2. The Bertz CT molecular complexity index is 191. The van der Waals surface area contributed by atoms with Crippen molar-refractivity contribution in [2.24, 2.45) is 5.73 Å². The number of hydrogen-bond donors (Lipinski definition) is 2. The maximum Gasteiger partial charge on any atom is 0.407 e. The van der Waals surface area contributed by atoms with Gasteiger partial charge in [0.15, 0.2) is 0 Å². The van der Waals surface area contributed by atoms with E-state index < -0.39 is 0 Å². The molecule has 0 atom stereocenters. The molecule has 13 heavy (non-hydrogen) atoms. The Morgan fingerprint density at radius 1 is 1.38 bits per heavy atom. The highest BCUT2D eigenvalue weighted by atomic mass is 35.5. The molecule has 5 heteroatoms. The van der Waals surface area contributed by atoms with E-state index in [0.717, 1.165) is 25.7 Å². The molecule has 2 fully saturated rings. The van der Waals surface area contributed by atoms with Gasteiger partial charge in [-0.1, -0.05) is 0 Å². The third-order valence-electron chi connectivity index (χ3n) is 2.29. The van der Waals surface area contributed by atoms with Crippen LogP contribution in [0.15, 0.2) is 0 Å². The van der Waals surface area contributed by atoms with Crippen LogP contribution in [0.4, 0.5) is 4.79 Å². The highest BCUT2D eigenvalue weighted by Gasteiger charge is 2.30. The molecule has 0 aromatic rings. The molecule has 0 heterocycles. The zero-order valence-corrected chi connectivity index (χ0v) is 8.18. The second-order valence-corrected chi connectivity index (χ2v) is 3.68. The summed E-state index contributed by atoms with van der Waals surface area (Å²) in [6, 6.07) is 0.530. The van der Waals surface area contributed by atoms with Crippen LogP contribution in [0.2, 0.25) is 0 Å². The minimum Gasteiger partial charge on any atom is -0.446 e. The molecule has 0 bridgehead atoms.